The lowest BCUT2D eigenvalue weighted by Crippen LogP contribution is -2.07. The molecule has 0 atom stereocenters. The van der Waals surface area contributed by atoms with Crippen LogP contribution < -0.4 is 10.4 Å². The Hall–Kier alpha value is -2.55. The third-order valence-electron chi connectivity index (χ3n) is 3.70. The lowest BCUT2D eigenvalue weighted by molar-refractivity contribution is 0.416. The maximum Gasteiger partial charge on any atom is 0.344 e. The van der Waals surface area contributed by atoms with E-state index in [1.807, 2.05) is 56.3 Å². The number of ether oxygens (including phenoxy) is 1. The highest BCUT2D eigenvalue weighted by atomic mass is 16.5. The van der Waals surface area contributed by atoms with Gasteiger partial charge < -0.3 is 9.15 Å². The third kappa shape index (κ3) is 2.21. The molecule has 0 unspecified atom stereocenters. The van der Waals surface area contributed by atoms with Crippen LogP contribution in [0, 0.1) is 13.8 Å². The summed E-state index contributed by atoms with van der Waals surface area (Å²) in [7, 11) is 1.60. The Morgan fingerprint density at radius 1 is 1.05 bits per heavy atom. The number of hydrogen-bond donors (Lipinski definition) is 0. The van der Waals surface area contributed by atoms with Gasteiger partial charge in [0.15, 0.2) is 0 Å². The molecule has 0 aliphatic heterocycles. The summed E-state index contributed by atoms with van der Waals surface area (Å²) in [6, 6.07) is 13.3. The van der Waals surface area contributed by atoms with Gasteiger partial charge in [-0.2, -0.15) is 0 Å². The van der Waals surface area contributed by atoms with E-state index in [1.165, 1.54) is 0 Å². The molecule has 0 aliphatic rings. The van der Waals surface area contributed by atoms with Crippen molar-refractivity contribution in [2.24, 2.45) is 0 Å². The summed E-state index contributed by atoms with van der Waals surface area (Å²) in [5.74, 6) is 0.667. The van der Waals surface area contributed by atoms with Crippen LogP contribution in [0.1, 0.15) is 11.1 Å². The van der Waals surface area contributed by atoms with Crippen LogP contribution in [0.5, 0.6) is 5.75 Å². The smallest absolute Gasteiger partial charge is 0.344 e. The molecule has 0 spiro atoms. The lowest BCUT2D eigenvalue weighted by atomic mass is 9.98. The summed E-state index contributed by atoms with van der Waals surface area (Å²) in [4.78, 5) is 12.4. The molecule has 0 saturated heterocycles. The van der Waals surface area contributed by atoms with E-state index in [1.54, 1.807) is 7.11 Å². The predicted octanol–water partition coefficient (Wildman–Crippen LogP) is 4.09. The number of benzene rings is 2. The first-order valence-electron chi connectivity index (χ1n) is 6.79. The monoisotopic (exact) mass is 280 g/mol. The number of aryl methyl sites for hydroxylation is 2. The van der Waals surface area contributed by atoms with Crippen molar-refractivity contribution in [2.45, 2.75) is 13.8 Å². The second-order valence-electron chi connectivity index (χ2n) is 5.09. The van der Waals surface area contributed by atoms with E-state index >= 15 is 0 Å². The first-order valence-corrected chi connectivity index (χ1v) is 6.79. The van der Waals surface area contributed by atoms with Crippen molar-refractivity contribution < 1.29 is 9.15 Å². The van der Waals surface area contributed by atoms with Crippen molar-refractivity contribution in [3.63, 3.8) is 0 Å². The number of fused-ring (bicyclic) bond motifs is 1. The number of para-hydroxylation sites is 1. The summed E-state index contributed by atoms with van der Waals surface area (Å²) in [6.07, 6.45) is 0. The molecule has 0 radical (unpaired) electrons. The standard InChI is InChI=1S/C18H16O3/c1-11-8-9-16-14(10-11)12(2)17(18(19)21-16)13-6-4-5-7-15(13)20-3/h4-10H,1-3H3. The van der Waals surface area contributed by atoms with Gasteiger partial charge in [0.25, 0.3) is 0 Å². The van der Waals surface area contributed by atoms with Gasteiger partial charge in [-0.3, -0.25) is 0 Å². The van der Waals surface area contributed by atoms with Gasteiger partial charge in [-0.05, 0) is 37.6 Å². The molecular weight excluding hydrogens is 264 g/mol. The maximum atomic E-state index is 12.4. The van der Waals surface area contributed by atoms with Gasteiger partial charge in [0, 0.05) is 10.9 Å². The Morgan fingerprint density at radius 3 is 2.57 bits per heavy atom. The molecule has 0 aliphatic carbocycles. The molecule has 2 aromatic carbocycles. The van der Waals surface area contributed by atoms with Gasteiger partial charge in [0.1, 0.15) is 11.3 Å². The van der Waals surface area contributed by atoms with Crippen molar-refractivity contribution in [3.05, 3.63) is 64.0 Å². The normalized spacial score (nSPS) is 10.8. The SMILES string of the molecule is COc1ccccc1-c1c(C)c2cc(C)ccc2oc1=O. The van der Waals surface area contributed by atoms with Crippen molar-refractivity contribution in [2.75, 3.05) is 7.11 Å². The molecule has 21 heavy (non-hydrogen) atoms. The predicted molar refractivity (Wildman–Crippen MR) is 83.9 cm³/mol. The molecule has 3 heteroatoms. The molecule has 3 nitrogen and oxygen atoms in total. The Kier molecular flexibility index (Phi) is 3.26. The fraction of sp³-hybridized carbons (Fsp3) is 0.167. The minimum absolute atomic E-state index is 0.339. The Labute approximate surface area is 122 Å². The first-order chi connectivity index (χ1) is 10.1. The maximum absolute atomic E-state index is 12.4. The highest BCUT2D eigenvalue weighted by Gasteiger charge is 2.16. The van der Waals surface area contributed by atoms with E-state index in [9.17, 15) is 4.79 Å². The van der Waals surface area contributed by atoms with Gasteiger partial charge in [-0.25, -0.2) is 4.79 Å². The van der Waals surface area contributed by atoms with E-state index in [2.05, 4.69) is 0 Å². The molecule has 106 valence electrons. The van der Waals surface area contributed by atoms with Crippen LogP contribution in [0.25, 0.3) is 22.1 Å². The molecule has 1 aromatic heterocycles. The zero-order chi connectivity index (χ0) is 15.0. The van der Waals surface area contributed by atoms with Crippen molar-refractivity contribution in [1.29, 1.82) is 0 Å². The average molecular weight is 280 g/mol. The molecule has 0 bridgehead atoms. The van der Waals surface area contributed by atoms with Gasteiger partial charge in [0.05, 0.1) is 12.7 Å². The van der Waals surface area contributed by atoms with Crippen molar-refractivity contribution in [1.82, 2.24) is 0 Å². The Balaban J connectivity index is 2.40. The van der Waals surface area contributed by atoms with Gasteiger partial charge >= 0.3 is 5.63 Å². The van der Waals surface area contributed by atoms with Gasteiger partial charge in [0.2, 0.25) is 0 Å². The second-order valence-corrected chi connectivity index (χ2v) is 5.09. The zero-order valence-electron chi connectivity index (χ0n) is 12.3. The van der Waals surface area contributed by atoms with Crippen molar-refractivity contribution in [3.8, 4) is 16.9 Å². The van der Waals surface area contributed by atoms with E-state index < -0.39 is 0 Å². The van der Waals surface area contributed by atoms with Crippen LogP contribution in [0.4, 0.5) is 0 Å². The summed E-state index contributed by atoms with van der Waals surface area (Å²) in [5.41, 5.74) is 3.63. The number of methoxy groups -OCH3 is 1. The second kappa shape index (κ2) is 5.09. The van der Waals surface area contributed by atoms with Crippen LogP contribution in [-0.4, -0.2) is 7.11 Å². The number of rotatable bonds is 2. The fourth-order valence-corrected chi connectivity index (χ4v) is 2.63. The molecule has 0 fully saturated rings. The average Bonchev–Trinajstić information content (AvgIpc) is 2.49. The number of hydrogen-bond acceptors (Lipinski definition) is 3. The summed E-state index contributed by atoms with van der Waals surface area (Å²) < 4.78 is 10.8. The molecular formula is C18H16O3. The van der Waals surface area contributed by atoms with Crippen LogP contribution in [-0.2, 0) is 0 Å². The van der Waals surface area contributed by atoms with Crippen LogP contribution in [0.2, 0.25) is 0 Å². The van der Waals surface area contributed by atoms with E-state index in [0.717, 1.165) is 22.1 Å². The molecule has 0 N–H and O–H groups in total. The minimum atomic E-state index is -0.339. The highest BCUT2D eigenvalue weighted by Crippen LogP contribution is 2.32. The lowest BCUT2D eigenvalue weighted by Gasteiger charge is -2.11. The first kappa shape index (κ1) is 13.4. The van der Waals surface area contributed by atoms with E-state index in [-0.39, 0.29) is 5.63 Å². The molecule has 3 rings (SSSR count). The Bertz CT molecular complexity index is 875. The molecule has 3 aromatic rings. The summed E-state index contributed by atoms with van der Waals surface area (Å²) in [6.45, 7) is 3.97. The molecule has 0 saturated carbocycles. The summed E-state index contributed by atoms with van der Waals surface area (Å²) in [5, 5.41) is 0.954. The van der Waals surface area contributed by atoms with Gasteiger partial charge in [-0.1, -0.05) is 29.8 Å². The zero-order valence-corrected chi connectivity index (χ0v) is 12.3. The topological polar surface area (TPSA) is 39.4 Å². The third-order valence-corrected chi connectivity index (χ3v) is 3.70. The molecule has 1 heterocycles. The van der Waals surface area contributed by atoms with Crippen LogP contribution in [0.15, 0.2) is 51.7 Å². The minimum Gasteiger partial charge on any atom is -0.496 e. The fourth-order valence-electron chi connectivity index (χ4n) is 2.63. The molecule has 0 amide bonds. The summed E-state index contributed by atoms with van der Waals surface area (Å²) >= 11 is 0. The van der Waals surface area contributed by atoms with E-state index in [4.69, 9.17) is 9.15 Å². The highest BCUT2D eigenvalue weighted by molar-refractivity contribution is 5.88. The largest absolute Gasteiger partial charge is 0.496 e. The van der Waals surface area contributed by atoms with Crippen LogP contribution in [0.3, 0.4) is 0 Å². The van der Waals surface area contributed by atoms with E-state index in [0.29, 0.717) is 16.9 Å². The van der Waals surface area contributed by atoms with Crippen LogP contribution >= 0.6 is 0 Å². The Morgan fingerprint density at radius 2 is 1.81 bits per heavy atom. The quantitative estimate of drug-likeness (QED) is 0.664. The van der Waals surface area contributed by atoms with Gasteiger partial charge in [-0.15, -0.1) is 0 Å². The van der Waals surface area contributed by atoms with Crippen molar-refractivity contribution >= 4 is 11.0 Å².